The molecule has 35 heavy (non-hydrogen) atoms. The third-order valence-corrected chi connectivity index (χ3v) is 7.30. The highest BCUT2D eigenvalue weighted by Crippen LogP contribution is 2.33. The van der Waals surface area contributed by atoms with E-state index in [4.69, 9.17) is 10.1 Å². The van der Waals surface area contributed by atoms with Crippen molar-refractivity contribution >= 4 is 39.8 Å². The maximum absolute atomic E-state index is 12.9. The fourth-order valence-corrected chi connectivity index (χ4v) is 5.37. The van der Waals surface area contributed by atoms with E-state index in [0.717, 1.165) is 51.8 Å². The normalized spacial score (nSPS) is 16.6. The third kappa shape index (κ3) is 5.12. The van der Waals surface area contributed by atoms with Crippen LogP contribution in [0.25, 0.3) is 11.8 Å². The number of aliphatic imine (C=N–C) groups is 1. The Labute approximate surface area is 211 Å². The predicted molar refractivity (Wildman–Crippen MR) is 145 cm³/mol. The number of fused-ring (bicyclic) bond motifs is 1. The molecular formula is C27H33N5O2S. The number of unbranched alkanes of at least 4 members (excludes halogenated alkanes) is 4. The van der Waals surface area contributed by atoms with Gasteiger partial charge in [0.1, 0.15) is 10.8 Å². The number of aryl methyl sites for hydroxylation is 2. The highest BCUT2D eigenvalue weighted by atomic mass is 32.2. The number of benzene rings is 1. The van der Waals surface area contributed by atoms with Crippen molar-refractivity contribution < 1.29 is 9.53 Å². The molecule has 2 aliphatic heterocycles. The Morgan fingerprint density at radius 2 is 1.89 bits per heavy atom. The molecule has 1 N–H and O–H groups in total. The first-order chi connectivity index (χ1) is 16.8. The number of carbonyl (C=O) groups is 1. The summed E-state index contributed by atoms with van der Waals surface area (Å²) in [5.74, 6) is 0.454. The number of hydrazone groups is 1. The zero-order valence-electron chi connectivity index (χ0n) is 21.1. The van der Waals surface area contributed by atoms with E-state index in [1.54, 1.807) is 13.2 Å². The Morgan fingerprint density at radius 1 is 1.11 bits per heavy atom. The summed E-state index contributed by atoms with van der Waals surface area (Å²) < 4.78 is 7.71. The third-order valence-electron chi connectivity index (χ3n) is 6.34. The van der Waals surface area contributed by atoms with Gasteiger partial charge in [-0.05, 0) is 80.8 Å². The van der Waals surface area contributed by atoms with E-state index in [2.05, 4.69) is 27.7 Å². The van der Waals surface area contributed by atoms with Gasteiger partial charge in [0.15, 0.2) is 5.84 Å². The summed E-state index contributed by atoms with van der Waals surface area (Å²) in [5.41, 5.74) is 5.16. The molecule has 1 aromatic carbocycles. The van der Waals surface area contributed by atoms with Gasteiger partial charge in [0.25, 0.3) is 5.91 Å². The average Bonchev–Trinajstić information content (AvgIpc) is 3.36. The van der Waals surface area contributed by atoms with Gasteiger partial charge in [0.05, 0.1) is 18.4 Å². The van der Waals surface area contributed by atoms with E-state index in [1.165, 1.54) is 42.5 Å². The van der Waals surface area contributed by atoms with Crippen LogP contribution in [-0.2, 0) is 4.79 Å². The second kappa shape index (κ2) is 10.6. The molecule has 8 heteroatoms. The van der Waals surface area contributed by atoms with Gasteiger partial charge in [-0.2, -0.15) is 15.1 Å². The lowest BCUT2D eigenvalue weighted by molar-refractivity contribution is -0.114. The fourth-order valence-electron chi connectivity index (χ4n) is 4.45. The minimum atomic E-state index is -0.397. The molecule has 0 unspecified atom stereocenters. The van der Waals surface area contributed by atoms with Crippen molar-refractivity contribution in [3.8, 4) is 11.4 Å². The first-order valence-corrected chi connectivity index (χ1v) is 13.0. The highest BCUT2D eigenvalue weighted by molar-refractivity contribution is 8.26. The molecule has 4 rings (SSSR count). The predicted octanol–water partition coefficient (Wildman–Crippen LogP) is 6.39. The summed E-state index contributed by atoms with van der Waals surface area (Å²) in [7, 11) is 1.66. The van der Waals surface area contributed by atoms with Crippen LogP contribution in [-0.4, -0.2) is 38.6 Å². The molecule has 0 radical (unpaired) electrons. The lowest BCUT2D eigenvalue weighted by Gasteiger charge is -2.20. The van der Waals surface area contributed by atoms with E-state index < -0.39 is 5.91 Å². The number of nitrogens with zero attached hydrogens (tertiary/aromatic N) is 4. The summed E-state index contributed by atoms with van der Waals surface area (Å²) in [6.45, 7) is 8.28. The van der Waals surface area contributed by atoms with Crippen LogP contribution in [0.1, 0.15) is 68.0 Å². The van der Waals surface area contributed by atoms with Gasteiger partial charge in [-0.1, -0.05) is 38.7 Å². The van der Waals surface area contributed by atoms with Crippen LogP contribution in [0.15, 0.2) is 39.9 Å². The maximum Gasteiger partial charge on any atom is 0.283 e. The minimum Gasteiger partial charge on any atom is -0.495 e. The van der Waals surface area contributed by atoms with Crippen molar-refractivity contribution in [2.24, 2.45) is 10.1 Å². The van der Waals surface area contributed by atoms with E-state index in [9.17, 15) is 4.79 Å². The van der Waals surface area contributed by atoms with Gasteiger partial charge in [-0.3, -0.25) is 10.2 Å². The molecule has 0 saturated heterocycles. The smallest absolute Gasteiger partial charge is 0.283 e. The molecule has 1 aromatic heterocycles. The molecule has 7 nitrogen and oxygen atoms in total. The second-order valence-corrected chi connectivity index (χ2v) is 10.1. The zero-order valence-corrected chi connectivity index (χ0v) is 22.0. The van der Waals surface area contributed by atoms with E-state index in [0.29, 0.717) is 5.17 Å². The number of nitrogens with one attached hydrogen (secondary N) is 1. The van der Waals surface area contributed by atoms with Gasteiger partial charge >= 0.3 is 0 Å². The molecule has 2 aliphatic rings. The molecule has 184 valence electrons. The lowest BCUT2D eigenvalue weighted by atomic mass is 10.1. The summed E-state index contributed by atoms with van der Waals surface area (Å²) in [5, 5.41) is 16.2. The topological polar surface area (TPSA) is 83.0 Å². The molecule has 3 heterocycles. The Balaban J connectivity index is 1.60. The minimum absolute atomic E-state index is 0.0754. The Kier molecular flexibility index (Phi) is 7.60. The zero-order chi connectivity index (χ0) is 25.1. The van der Waals surface area contributed by atoms with Crippen LogP contribution in [0.4, 0.5) is 0 Å². The Bertz CT molecular complexity index is 1250. The molecule has 0 bridgehead atoms. The Morgan fingerprint density at radius 3 is 2.63 bits per heavy atom. The number of methoxy groups -OCH3 is 1. The summed E-state index contributed by atoms with van der Waals surface area (Å²) >= 11 is 1.41. The molecule has 0 atom stereocenters. The standard InChI is InChI=1S/C27H33N5O2S/c1-6-7-8-9-10-11-24-30-32-25(28)21(26(33)29-27(32)35-24)16-20-15-18(3)31(19(20)4)22-14-17(2)12-13-23(22)34-5/h12-16,28H,6-11H2,1-5H3/b21-16+,28-25?. The second-order valence-electron chi connectivity index (χ2n) is 9.02. The summed E-state index contributed by atoms with van der Waals surface area (Å²) in [6.07, 6.45) is 8.54. The number of amidine groups is 2. The van der Waals surface area contributed by atoms with Crippen molar-refractivity contribution in [3.05, 3.63) is 52.4 Å². The monoisotopic (exact) mass is 491 g/mol. The highest BCUT2D eigenvalue weighted by Gasteiger charge is 2.35. The molecular weight excluding hydrogens is 458 g/mol. The fraction of sp³-hybridized carbons (Fsp3) is 0.407. The molecule has 0 spiro atoms. The van der Waals surface area contributed by atoms with Gasteiger partial charge in [0, 0.05) is 11.4 Å². The van der Waals surface area contributed by atoms with Crippen LogP contribution in [0.3, 0.4) is 0 Å². The number of thioether (sulfide) groups is 1. The average molecular weight is 492 g/mol. The number of hydrogen-bond acceptors (Lipinski definition) is 5. The first kappa shape index (κ1) is 25.0. The van der Waals surface area contributed by atoms with Crippen LogP contribution >= 0.6 is 11.8 Å². The van der Waals surface area contributed by atoms with Gasteiger partial charge in [0.2, 0.25) is 5.17 Å². The number of rotatable bonds is 9. The molecule has 0 saturated carbocycles. The van der Waals surface area contributed by atoms with Crippen molar-refractivity contribution in [2.75, 3.05) is 7.11 Å². The molecule has 1 amide bonds. The number of carbonyl (C=O) groups excluding carboxylic acids is 1. The Hall–Kier alpha value is -3.13. The quantitative estimate of drug-likeness (QED) is 0.325. The summed E-state index contributed by atoms with van der Waals surface area (Å²) in [6, 6.07) is 8.08. The lowest BCUT2D eigenvalue weighted by Crippen LogP contribution is -2.35. The number of ether oxygens (including phenoxy) is 1. The van der Waals surface area contributed by atoms with Crippen molar-refractivity contribution in [1.82, 2.24) is 9.58 Å². The SMILES string of the molecule is CCCCCCCC1=NN2C(=N)/C(=C\c3cc(C)n(-c4cc(C)ccc4OC)c3C)C(=O)N=C2S1. The van der Waals surface area contributed by atoms with Gasteiger partial charge in [-0.15, -0.1) is 0 Å². The van der Waals surface area contributed by atoms with Gasteiger partial charge < -0.3 is 9.30 Å². The van der Waals surface area contributed by atoms with Gasteiger partial charge in [-0.25, -0.2) is 0 Å². The van der Waals surface area contributed by atoms with Crippen LogP contribution in [0.5, 0.6) is 5.75 Å². The number of aromatic nitrogens is 1. The van der Waals surface area contributed by atoms with Crippen LogP contribution in [0, 0.1) is 26.2 Å². The maximum atomic E-state index is 12.9. The van der Waals surface area contributed by atoms with Crippen molar-refractivity contribution in [1.29, 1.82) is 5.41 Å². The van der Waals surface area contributed by atoms with E-state index in [-0.39, 0.29) is 11.4 Å². The molecule has 0 aliphatic carbocycles. The number of amides is 1. The van der Waals surface area contributed by atoms with Crippen LogP contribution in [0.2, 0.25) is 0 Å². The molecule has 0 fully saturated rings. The summed E-state index contributed by atoms with van der Waals surface area (Å²) in [4.78, 5) is 17.1. The van der Waals surface area contributed by atoms with Crippen molar-refractivity contribution in [2.45, 2.75) is 66.2 Å². The van der Waals surface area contributed by atoms with Crippen molar-refractivity contribution in [3.63, 3.8) is 0 Å². The van der Waals surface area contributed by atoms with E-state index >= 15 is 0 Å². The first-order valence-electron chi connectivity index (χ1n) is 12.2. The van der Waals surface area contributed by atoms with E-state index in [1.807, 2.05) is 39.0 Å². The number of hydrogen-bond donors (Lipinski definition) is 1. The largest absolute Gasteiger partial charge is 0.495 e. The van der Waals surface area contributed by atoms with Crippen LogP contribution < -0.4 is 4.74 Å². The molecule has 2 aromatic rings.